The summed E-state index contributed by atoms with van der Waals surface area (Å²) >= 11 is 0. The fourth-order valence-corrected chi connectivity index (χ4v) is 2.77. The number of primary amides is 1. The van der Waals surface area contributed by atoms with Crippen molar-refractivity contribution in [3.63, 3.8) is 0 Å². The number of nitrogens with one attached hydrogen (secondary N) is 2. The van der Waals surface area contributed by atoms with Crippen LogP contribution in [-0.2, 0) is 0 Å². The van der Waals surface area contributed by atoms with E-state index in [2.05, 4.69) is 17.6 Å². The van der Waals surface area contributed by atoms with Crippen LogP contribution in [0.1, 0.15) is 48.5 Å². The van der Waals surface area contributed by atoms with Gasteiger partial charge in [0.05, 0.1) is 0 Å². The lowest BCUT2D eigenvalue weighted by molar-refractivity contribution is 0.100. The molecule has 1 aliphatic carbocycles. The first-order valence-electron chi connectivity index (χ1n) is 7.45. The molecule has 0 aromatic heterocycles. The first-order chi connectivity index (χ1) is 9.97. The molecule has 4 N–H and O–H groups in total. The van der Waals surface area contributed by atoms with E-state index in [1.54, 1.807) is 18.2 Å². The van der Waals surface area contributed by atoms with E-state index in [0.29, 0.717) is 17.2 Å². The number of anilines is 1. The van der Waals surface area contributed by atoms with E-state index < -0.39 is 5.91 Å². The van der Waals surface area contributed by atoms with E-state index in [1.165, 1.54) is 6.42 Å². The van der Waals surface area contributed by atoms with Crippen molar-refractivity contribution in [2.45, 2.75) is 45.6 Å². The van der Waals surface area contributed by atoms with Gasteiger partial charge in [0.1, 0.15) is 0 Å². The molecule has 21 heavy (non-hydrogen) atoms. The average molecular weight is 289 g/mol. The largest absolute Gasteiger partial charge is 0.366 e. The van der Waals surface area contributed by atoms with E-state index in [1.807, 2.05) is 6.92 Å². The highest BCUT2D eigenvalue weighted by Crippen LogP contribution is 2.24. The molecule has 1 fully saturated rings. The molecule has 5 heteroatoms. The summed E-state index contributed by atoms with van der Waals surface area (Å²) in [5.74, 6) is 0.00177. The van der Waals surface area contributed by atoms with Gasteiger partial charge in [-0.25, -0.2) is 4.79 Å². The van der Waals surface area contributed by atoms with Crippen molar-refractivity contribution in [1.29, 1.82) is 0 Å². The first kappa shape index (κ1) is 15.4. The minimum Gasteiger partial charge on any atom is -0.366 e. The molecular weight excluding hydrogens is 266 g/mol. The second-order valence-electron chi connectivity index (χ2n) is 5.86. The van der Waals surface area contributed by atoms with Crippen molar-refractivity contribution in [2.24, 2.45) is 11.7 Å². The highest BCUT2D eigenvalue weighted by Gasteiger charge is 2.22. The molecule has 0 bridgehead atoms. The number of rotatable bonds is 3. The standard InChI is InChI=1S/C16H23N3O2/c1-10-5-3-4-6-13(10)18-16(21)19-14-9-12(15(17)20)8-7-11(14)2/h7-10,13H,3-6H2,1-2H3,(H2,17,20)(H2,18,19,21). The summed E-state index contributed by atoms with van der Waals surface area (Å²) in [4.78, 5) is 23.3. The number of hydrogen-bond donors (Lipinski definition) is 3. The van der Waals surface area contributed by atoms with Crippen LogP contribution in [0, 0.1) is 12.8 Å². The van der Waals surface area contributed by atoms with Gasteiger partial charge in [-0.3, -0.25) is 4.79 Å². The monoisotopic (exact) mass is 289 g/mol. The third-order valence-corrected chi connectivity index (χ3v) is 4.20. The van der Waals surface area contributed by atoms with Crippen LogP contribution in [0.5, 0.6) is 0 Å². The fraction of sp³-hybridized carbons (Fsp3) is 0.500. The van der Waals surface area contributed by atoms with Crippen molar-refractivity contribution in [2.75, 3.05) is 5.32 Å². The molecule has 1 aliphatic rings. The topological polar surface area (TPSA) is 84.2 Å². The Hall–Kier alpha value is -2.04. The maximum atomic E-state index is 12.1. The lowest BCUT2D eigenvalue weighted by Gasteiger charge is -2.29. The summed E-state index contributed by atoms with van der Waals surface area (Å²) in [6, 6.07) is 5.04. The van der Waals surface area contributed by atoms with Gasteiger partial charge in [0.2, 0.25) is 5.91 Å². The van der Waals surface area contributed by atoms with Gasteiger partial charge in [-0.1, -0.05) is 25.8 Å². The van der Waals surface area contributed by atoms with Gasteiger partial charge >= 0.3 is 6.03 Å². The quantitative estimate of drug-likeness (QED) is 0.799. The van der Waals surface area contributed by atoms with E-state index in [0.717, 1.165) is 24.8 Å². The highest BCUT2D eigenvalue weighted by molar-refractivity contribution is 5.96. The molecule has 0 aliphatic heterocycles. The van der Waals surface area contributed by atoms with E-state index in [4.69, 9.17) is 5.73 Å². The number of urea groups is 1. The van der Waals surface area contributed by atoms with Crippen molar-refractivity contribution < 1.29 is 9.59 Å². The van der Waals surface area contributed by atoms with Gasteiger partial charge in [0.25, 0.3) is 0 Å². The highest BCUT2D eigenvalue weighted by atomic mass is 16.2. The third-order valence-electron chi connectivity index (χ3n) is 4.20. The molecule has 0 saturated heterocycles. The normalized spacial score (nSPS) is 21.6. The van der Waals surface area contributed by atoms with Crippen molar-refractivity contribution in [1.82, 2.24) is 5.32 Å². The predicted octanol–water partition coefficient (Wildman–Crippen LogP) is 2.79. The van der Waals surface area contributed by atoms with Crippen molar-refractivity contribution in [3.8, 4) is 0 Å². The van der Waals surface area contributed by atoms with Crippen LogP contribution in [-0.4, -0.2) is 18.0 Å². The van der Waals surface area contributed by atoms with Gasteiger partial charge in [-0.2, -0.15) is 0 Å². The Morgan fingerprint density at radius 1 is 1.24 bits per heavy atom. The number of carbonyl (C=O) groups excluding carboxylic acids is 2. The Morgan fingerprint density at radius 2 is 1.95 bits per heavy atom. The minimum atomic E-state index is -0.501. The van der Waals surface area contributed by atoms with Crippen LogP contribution in [0.3, 0.4) is 0 Å². The van der Waals surface area contributed by atoms with E-state index in [9.17, 15) is 9.59 Å². The summed E-state index contributed by atoms with van der Waals surface area (Å²) in [5.41, 5.74) is 7.17. The molecule has 5 nitrogen and oxygen atoms in total. The number of amides is 3. The second-order valence-corrected chi connectivity index (χ2v) is 5.86. The van der Waals surface area contributed by atoms with Gasteiger partial charge in [0.15, 0.2) is 0 Å². The number of benzene rings is 1. The molecule has 3 amide bonds. The van der Waals surface area contributed by atoms with Crippen LogP contribution < -0.4 is 16.4 Å². The second kappa shape index (κ2) is 6.61. The molecule has 1 aromatic rings. The Kier molecular flexibility index (Phi) is 4.83. The van der Waals surface area contributed by atoms with Crippen LogP contribution in [0.4, 0.5) is 10.5 Å². The fourth-order valence-electron chi connectivity index (χ4n) is 2.77. The van der Waals surface area contributed by atoms with Crippen molar-refractivity contribution in [3.05, 3.63) is 29.3 Å². The zero-order valence-corrected chi connectivity index (χ0v) is 12.6. The van der Waals surface area contributed by atoms with Gasteiger partial charge in [-0.15, -0.1) is 0 Å². The lowest BCUT2D eigenvalue weighted by atomic mass is 9.86. The van der Waals surface area contributed by atoms with Crippen LogP contribution in [0.25, 0.3) is 0 Å². The number of nitrogens with two attached hydrogens (primary N) is 1. The third kappa shape index (κ3) is 3.97. The number of carbonyl (C=O) groups is 2. The van der Waals surface area contributed by atoms with E-state index in [-0.39, 0.29) is 12.1 Å². The zero-order chi connectivity index (χ0) is 15.4. The minimum absolute atomic E-state index is 0.221. The predicted molar refractivity (Wildman–Crippen MR) is 83.3 cm³/mol. The molecule has 1 aromatic carbocycles. The zero-order valence-electron chi connectivity index (χ0n) is 12.6. The smallest absolute Gasteiger partial charge is 0.319 e. The molecule has 114 valence electrons. The molecule has 2 atom stereocenters. The number of aryl methyl sites for hydroxylation is 1. The Bertz CT molecular complexity index is 542. The van der Waals surface area contributed by atoms with E-state index >= 15 is 0 Å². The van der Waals surface area contributed by atoms with Gasteiger partial charge in [0, 0.05) is 17.3 Å². The molecular formula is C16H23N3O2. The summed E-state index contributed by atoms with van der Waals surface area (Å²) in [6.07, 6.45) is 4.57. The molecule has 0 radical (unpaired) electrons. The summed E-state index contributed by atoms with van der Waals surface area (Å²) < 4.78 is 0. The first-order valence-corrected chi connectivity index (χ1v) is 7.45. The Labute approximate surface area is 125 Å². The molecule has 0 spiro atoms. The molecule has 2 rings (SSSR count). The van der Waals surface area contributed by atoms with Crippen LogP contribution in [0.2, 0.25) is 0 Å². The average Bonchev–Trinajstić information content (AvgIpc) is 2.43. The molecule has 0 heterocycles. The molecule has 1 saturated carbocycles. The Morgan fingerprint density at radius 3 is 2.62 bits per heavy atom. The Balaban J connectivity index is 2.02. The van der Waals surface area contributed by atoms with Crippen LogP contribution in [0.15, 0.2) is 18.2 Å². The maximum Gasteiger partial charge on any atom is 0.319 e. The van der Waals surface area contributed by atoms with Gasteiger partial charge in [-0.05, 0) is 43.4 Å². The summed E-state index contributed by atoms with van der Waals surface area (Å²) in [6.45, 7) is 4.05. The van der Waals surface area contributed by atoms with Crippen LogP contribution >= 0.6 is 0 Å². The summed E-state index contributed by atoms with van der Waals surface area (Å²) in [7, 11) is 0. The number of hydrogen-bond acceptors (Lipinski definition) is 2. The lowest BCUT2D eigenvalue weighted by Crippen LogP contribution is -2.43. The molecule has 2 unspecified atom stereocenters. The van der Waals surface area contributed by atoms with Crippen molar-refractivity contribution >= 4 is 17.6 Å². The summed E-state index contributed by atoms with van der Waals surface area (Å²) in [5, 5.41) is 5.84. The van der Waals surface area contributed by atoms with Gasteiger partial charge < -0.3 is 16.4 Å². The SMILES string of the molecule is Cc1ccc(C(N)=O)cc1NC(=O)NC1CCCCC1C. The maximum absolute atomic E-state index is 12.1.